The molecule has 9 nitrogen and oxygen atoms in total. The van der Waals surface area contributed by atoms with Crippen molar-refractivity contribution in [3.05, 3.63) is 71.6 Å². The van der Waals surface area contributed by atoms with Gasteiger partial charge in [-0.15, -0.1) is 0 Å². The smallest absolute Gasteiger partial charge is 0.415 e. The Balaban J connectivity index is 1.27. The fourth-order valence-corrected chi connectivity index (χ4v) is 5.45. The summed E-state index contributed by atoms with van der Waals surface area (Å²) < 4.78 is 48.2. The van der Waals surface area contributed by atoms with Crippen molar-refractivity contribution in [1.82, 2.24) is 19.7 Å². The summed E-state index contributed by atoms with van der Waals surface area (Å²) >= 11 is 0. The lowest BCUT2D eigenvalue weighted by molar-refractivity contribution is -0.0361. The summed E-state index contributed by atoms with van der Waals surface area (Å²) in [4.78, 5) is 20.3. The minimum atomic E-state index is -1.57. The van der Waals surface area contributed by atoms with E-state index in [1.807, 2.05) is 10.7 Å². The summed E-state index contributed by atoms with van der Waals surface area (Å²) in [6.45, 7) is 0.479. The number of benzene rings is 1. The van der Waals surface area contributed by atoms with Crippen molar-refractivity contribution in [2.45, 2.75) is 50.3 Å². The van der Waals surface area contributed by atoms with Gasteiger partial charge in [0.25, 0.3) is 0 Å². The van der Waals surface area contributed by atoms with Crippen molar-refractivity contribution in [2.75, 3.05) is 16.8 Å². The van der Waals surface area contributed by atoms with Crippen LogP contribution in [0.3, 0.4) is 0 Å². The van der Waals surface area contributed by atoms with Crippen LogP contribution >= 0.6 is 0 Å². The van der Waals surface area contributed by atoms with E-state index in [-0.39, 0.29) is 30.9 Å². The van der Waals surface area contributed by atoms with Gasteiger partial charge < -0.3 is 15.2 Å². The van der Waals surface area contributed by atoms with Gasteiger partial charge in [0.15, 0.2) is 29.9 Å². The second-order valence-corrected chi connectivity index (χ2v) is 9.17. The number of fused-ring (bicyclic) bond motifs is 3. The molecule has 12 heteroatoms. The summed E-state index contributed by atoms with van der Waals surface area (Å²) in [6, 6.07) is 6.86. The average molecular weight is 500 g/mol. The predicted octanol–water partition coefficient (Wildman–Crippen LogP) is 3.69. The van der Waals surface area contributed by atoms with E-state index in [4.69, 9.17) is 4.74 Å². The minimum Gasteiger partial charge on any atom is -0.437 e. The van der Waals surface area contributed by atoms with Crippen LogP contribution in [0.1, 0.15) is 42.8 Å². The van der Waals surface area contributed by atoms with E-state index in [1.165, 1.54) is 4.90 Å². The molecule has 2 aliphatic heterocycles. The number of carbonyl (C=O) groups excluding carboxylic acids is 1. The Bertz CT molecular complexity index is 1280. The van der Waals surface area contributed by atoms with Crippen molar-refractivity contribution < 1.29 is 27.8 Å². The molecule has 36 heavy (non-hydrogen) atoms. The Morgan fingerprint density at radius 3 is 2.67 bits per heavy atom. The Labute approximate surface area is 204 Å². The number of cyclic esters (lactones) is 1. The SMILES string of the molecule is O=C1OC(c2ccccn2)CN1c1cnn2c1CN(C(O)Nc1cc(F)c(F)c(F)c1)[C@H]1CCC[C@H]12. The lowest BCUT2D eigenvalue weighted by Gasteiger charge is -2.41. The Hall–Kier alpha value is -3.64. The molecule has 1 saturated heterocycles. The normalized spacial score (nSPS) is 24.4. The van der Waals surface area contributed by atoms with Crippen molar-refractivity contribution in [3.63, 3.8) is 0 Å². The van der Waals surface area contributed by atoms with Crippen molar-refractivity contribution >= 4 is 17.5 Å². The zero-order chi connectivity index (χ0) is 25.0. The first-order valence-corrected chi connectivity index (χ1v) is 11.7. The molecule has 2 fully saturated rings. The van der Waals surface area contributed by atoms with Crippen LogP contribution in [-0.2, 0) is 11.3 Å². The molecular weight excluding hydrogens is 477 g/mol. The fraction of sp³-hybridized carbons (Fsp3) is 0.375. The molecule has 1 saturated carbocycles. The van der Waals surface area contributed by atoms with Gasteiger partial charge in [-0.1, -0.05) is 6.07 Å². The van der Waals surface area contributed by atoms with E-state index in [2.05, 4.69) is 15.4 Å². The molecule has 188 valence electrons. The molecule has 2 N–H and O–H groups in total. The average Bonchev–Trinajstić information content (AvgIpc) is 3.60. The van der Waals surface area contributed by atoms with Gasteiger partial charge in [-0.05, 0) is 31.4 Å². The zero-order valence-electron chi connectivity index (χ0n) is 19.0. The molecule has 2 unspecified atom stereocenters. The number of nitrogens with zero attached hydrogens (tertiary/aromatic N) is 5. The molecule has 1 aromatic carbocycles. The van der Waals surface area contributed by atoms with E-state index in [1.54, 1.807) is 29.4 Å². The first-order chi connectivity index (χ1) is 17.4. The van der Waals surface area contributed by atoms with Gasteiger partial charge in [-0.2, -0.15) is 5.10 Å². The van der Waals surface area contributed by atoms with Gasteiger partial charge in [-0.25, -0.2) is 22.9 Å². The molecule has 1 amide bonds. The predicted molar refractivity (Wildman–Crippen MR) is 121 cm³/mol. The molecule has 0 bridgehead atoms. The van der Waals surface area contributed by atoms with Crippen molar-refractivity contribution in [1.29, 1.82) is 0 Å². The minimum absolute atomic E-state index is 0.0501. The number of hydrogen-bond acceptors (Lipinski definition) is 7. The second-order valence-electron chi connectivity index (χ2n) is 9.17. The number of carbonyl (C=O) groups is 1. The molecule has 4 atom stereocenters. The van der Waals surface area contributed by atoms with E-state index in [0.29, 0.717) is 17.1 Å². The first kappa shape index (κ1) is 22.8. The number of amides is 1. The van der Waals surface area contributed by atoms with Crippen LogP contribution in [0.15, 0.2) is 42.7 Å². The molecule has 0 radical (unpaired) electrons. The second kappa shape index (κ2) is 8.79. The first-order valence-electron chi connectivity index (χ1n) is 11.7. The lowest BCUT2D eigenvalue weighted by Crippen LogP contribution is -2.52. The topological polar surface area (TPSA) is 95.8 Å². The fourth-order valence-electron chi connectivity index (χ4n) is 5.45. The summed E-state index contributed by atoms with van der Waals surface area (Å²) in [5.74, 6) is -4.27. The number of rotatable bonds is 5. The number of ether oxygens (including phenoxy) is 1. The monoisotopic (exact) mass is 500 g/mol. The Morgan fingerprint density at radius 1 is 1.14 bits per heavy atom. The van der Waals surface area contributed by atoms with Crippen LogP contribution in [0, 0.1) is 17.5 Å². The highest BCUT2D eigenvalue weighted by molar-refractivity contribution is 5.90. The molecule has 0 spiro atoms. The third kappa shape index (κ3) is 3.77. The lowest BCUT2D eigenvalue weighted by atomic mass is 10.1. The van der Waals surface area contributed by atoms with Crippen LogP contribution in [0.2, 0.25) is 0 Å². The van der Waals surface area contributed by atoms with Gasteiger partial charge in [0.05, 0.1) is 35.9 Å². The molecular formula is C24H23F3N6O3. The zero-order valence-corrected chi connectivity index (χ0v) is 19.0. The summed E-state index contributed by atoms with van der Waals surface area (Å²) in [6.07, 6.45) is 3.42. The Kier molecular flexibility index (Phi) is 5.56. The summed E-state index contributed by atoms with van der Waals surface area (Å²) in [5.41, 5.74) is 1.84. The van der Waals surface area contributed by atoms with Gasteiger partial charge in [0, 0.05) is 36.6 Å². The molecule has 2 aromatic heterocycles. The number of hydrogen-bond donors (Lipinski definition) is 2. The van der Waals surface area contributed by atoms with Gasteiger partial charge in [-0.3, -0.25) is 14.6 Å². The number of anilines is 2. The third-order valence-corrected chi connectivity index (χ3v) is 7.11. The number of aromatic nitrogens is 3. The van der Waals surface area contributed by atoms with Crippen molar-refractivity contribution in [2.24, 2.45) is 0 Å². The molecule has 6 rings (SSSR count). The highest BCUT2D eigenvalue weighted by Gasteiger charge is 2.45. The van der Waals surface area contributed by atoms with E-state index in [9.17, 15) is 23.1 Å². The maximum Gasteiger partial charge on any atom is 0.415 e. The standard InChI is InChI=1S/C24H23F3N6O3/c25-14-8-13(9-15(26)22(14)27)30-23(34)31-11-20-19(10-29-33(20)18-6-3-5-17(18)31)32-12-21(36-24(32)35)16-4-1-2-7-28-16/h1-2,4,7-10,17-18,21,23,30,34H,3,5-6,11-12H2/t17-,18+,21?,23?/m0/s1. The highest BCUT2D eigenvalue weighted by Crippen LogP contribution is 2.43. The maximum atomic E-state index is 13.7. The third-order valence-electron chi connectivity index (χ3n) is 7.11. The number of pyridine rings is 1. The highest BCUT2D eigenvalue weighted by atomic mass is 19.2. The Morgan fingerprint density at radius 2 is 1.92 bits per heavy atom. The van der Waals surface area contributed by atoms with E-state index >= 15 is 0 Å². The van der Waals surface area contributed by atoms with Gasteiger partial charge in [0.2, 0.25) is 0 Å². The van der Waals surface area contributed by atoms with Crippen LogP contribution in [0.4, 0.5) is 29.3 Å². The number of nitrogens with one attached hydrogen (secondary N) is 1. The van der Waals surface area contributed by atoms with E-state index in [0.717, 1.165) is 31.4 Å². The van der Waals surface area contributed by atoms with Crippen molar-refractivity contribution in [3.8, 4) is 0 Å². The van der Waals surface area contributed by atoms with Crippen LogP contribution in [-0.4, -0.2) is 49.8 Å². The molecule has 4 heterocycles. The van der Waals surface area contributed by atoms with Crippen LogP contribution in [0.5, 0.6) is 0 Å². The van der Waals surface area contributed by atoms with Crippen LogP contribution < -0.4 is 10.2 Å². The van der Waals surface area contributed by atoms with E-state index < -0.39 is 36.0 Å². The number of aliphatic hydroxyl groups excluding tert-OH is 1. The number of halogens is 3. The molecule has 3 aromatic rings. The van der Waals surface area contributed by atoms with Crippen LogP contribution in [0.25, 0.3) is 0 Å². The quantitative estimate of drug-likeness (QED) is 0.408. The number of aliphatic hydroxyl groups is 1. The summed E-state index contributed by atoms with van der Waals surface area (Å²) in [7, 11) is 0. The van der Waals surface area contributed by atoms with Gasteiger partial charge in [0.1, 0.15) is 0 Å². The molecule has 3 aliphatic rings. The largest absolute Gasteiger partial charge is 0.437 e. The maximum absolute atomic E-state index is 13.7. The summed E-state index contributed by atoms with van der Waals surface area (Å²) in [5, 5.41) is 18.3. The molecule has 1 aliphatic carbocycles. The van der Waals surface area contributed by atoms with Gasteiger partial charge >= 0.3 is 6.09 Å².